The minimum absolute atomic E-state index is 0.854. The van der Waals surface area contributed by atoms with Gasteiger partial charge in [0.05, 0.1) is 29.3 Å². The lowest BCUT2D eigenvalue weighted by atomic mass is 10.1. The number of benzene rings is 1. The molecular weight excluding hydrogens is 200 g/mol. The number of fused-ring (bicyclic) bond motifs is 1. The number of para-hydroxylation sites is 1. The second-order valence-electron chi connectivity index (χ2n) is 3.62. The van der Waals surface area contributed by atoms with Gasteiger partial charge in [0.15, 0.2) is 0 Å². The molecule has 0 amide bonds. The van der Waals surface area contributed by atoms with Gasteiger partial charge >= 0.3 is 0 Å². The zero-order chi connectivity index (χ0) is 11.0. The molecule has 4 heteroatoms. The molecule has 0 aliphatic heterocycles. The molecule has 0 bridgehead atoms. The van der Waals surface area contributed by atoms with Gasteiger partial charge in [0, 0.05) is 25.0 Å². The molecule has 0 unspecified atom stereocenters. The molecule has 0 aliphatic carbocycles. The van der Waals surface area contributed by atoms with Gasteiger partial charge in [0.1, 0.15) is 0 Å². The molecule has 0 aliphatic rings. The van der Waals surface area contributed by atoms with E-state index in [1.54, 1.807) is 18.6 Å². The van der Waals surface area contributed by atoms with Crippen molar-refractivity contribution in [3.05, 3.63) is 43.1 Å². The fourth-order valence-electron chi connectivity index (χ4n) is 1.80. The first kappa shape index (κ1) is 9.03. The van der Waals surface area contributed by atoms with Crippen molar-refractivity contribution in [1.82, 2.24) is 19.5 Å². The van der Waals surface area contributed by atoms with E-state index in [1.807, 2.05) is 36.1 Å². The predicted molar refractivity (Wildman–Crippen MR) is 61.7 cm³/mol. The Morgan fingerprint density at radius 2 is 2.06 bits per heavy atom. The van der Waals surface area contributed by atoms with Crippen molar-refractivity contribution in [3.63, 3.8) is 0 Å². The van der Waals surface area contributed by atoms with Crippen LogP contribution in [-0.4, -0.2) is 19.5 Å². The van der Waals surface area contributed by atoms with Crippen molar-refractivity contribution in [2.75, 3.05) is 0 Å². The van der Waals surface area contributed by atoms with Gasteiger partial charge < -0.3 is 4.57 Å². The van der Waals surface area contributed by atoms with Crippen LogP contribution >= 0.6 is 0 Å². The van der Waals surface area contributed by atoms with Crippen LogP contribution in [0.25, 0.3) is 22.3 Å². The first-order chi connectivity index (χ1) is 7.86. The van der Waals surface area contributed by atoms with Crippen LogP contribution < -0.4 is 0 Å². The molecule has 1 aromatic carbocycles. The average molecular weight is 210 g/mol. The maximum absolute atomic E-state index is 4.39. The third kappa shape index (κ3) is 1.27. The summed E-state index contributed by atoms with van der Waals surface area (Å²) in [4.78, 5) is 12.8. The molecular formula is C12H10N4. The minimum Gasteiger partial charge on any atom is -0.334 e. The number of nitrogens with zero attached hydrogens (tertiary/aromatic N) is 4. The number of hydrogen-bond acceptors (Lipinski definition) is 3. The smallest absolute Gasteiger partial charge is 0.0979 e. The van der Waals surface area contributed by atoms with Gasteiger partial charge in [-0.1, -0.05) is 12.1 Å². The van der Waals surface area contributed by atoms with Crippen LogP contribution in [0.4, 0.5) is 0 Å². The van der Waals surface area contributed by atoms with E-state index in [9.17, 15) is 0 Å². The number of aryl methyl sites for hydroxylation is 1. The van der Waals surface area contributed by atoms with E-state index in [1.165, 1.54) is 0 Å². The Hall–Kier alpha value is -2.23. The largest absolute Gasteiger partial charge is 0.334 e. The highest BCUT2D eigenvalue weighted by Crippen LogP contribution is 2.24. The summed E-state index contributed by atoms with van der Waals surface area (Å²) in [7, 11) is 1.98. The highest BCUT2D eigenvalue weighted by atomic mass is 15.0. The van der Waals surface area contributed by atoms with Crippen molar-refractivity contribution in [2.45, 2.75) is 0 Å². The highest BCUT2D eigenvalue weighted by Gasteiger charge is 2.07. The Morgan fingerprint density at radius 3 is 2.88 bits per heavy atom. The van der Waals surface area contributed by atoms with E-state index >= 15 is 0 Å². The molecule has 0 atom stereocenters. The number of hydrogen-bond donors (Lipinski definition) is 0. The third-order valence-corrected chi connectivity index (χ3v) is 2.59. The summed E-state index contributed by atoms with van der Waals surface area (Å²) in [6, 6.07) is 6.07. The van der Waals surface area contributed by atoms with Gasteiger partial charge in [-0.15, -0.1) is 0 Å². The van der Waals surface area contributed by atoms with Crippen molar-refractivity contribution in [2.24, 2.45) is 7.05 Å². The average Bonchev–Trinajstić information content (AvgIpc) is 2.73. The first-order valence-corrected chi connectivity index (χ1v) is 5.03. The molecule has 0 radical (unpaired) electrons. The lowest BCUT2D eigenvalue weighted by Gasteiger charge is -2.01. The summed E-state index contributed by atoms with van der Waals surface area (Å²) in [6.45, 7) is 0. The Bertz CT molecular complexity index is 628. The monoisotopic (exact) mass is 210 g/mol. The van der Waals surface area contributed by atoms with Gasteiger partial charge in [0.2, 0.25) is 0 Å². The van der Waals surface area contributed by atoms with Crippen LogP contribution in [0.5, 0.6) is 0 Å². The van der Waals surface area contributed by atoms with Crippen LogP contribution in [0.1, 0.15) is 0 Å². The summed E-state index contributed by atoms with van der Waals surface area (Å²) in [5.41, 5.74) is 3.94. The molecule has 0 saturated carbocycles. The van der Waals surface area contributed by atoms with Gasteiger partial charge in [0.25, 0.3) is 0 Å². The summed E-state index contributed by atoms with van der Waals surface area (Å²) in [5.74, 6) is 0. The lowest BCUT2D eigenvalue weighted by molar-refractivity contribution is 0.948. The van der Waals surface area contributed by atoms with E-state index < -0.39 is 0 Å². The maximum atomic E-state index is 4.39. The Kier molecular flexibility index (Phi) is 1.93. The number of aromatic nitrogens is 4. The van der Waals surface area contributed by atoms with Crippen LogP contribution in [0.2, 0.25) is 0 Å². The summed E-state index contributed by atoms with van der Waals surface area (Å²) >= 11 is 0. The molecule has 78 valence electrons. The van der Waals surface area contributed by atoms with Crippen LogP contribution in [-0.2, 0) is 7.05 Å². The predicted octanol–water partition coefficient (Wildman–Crippen LogP) is 2.03. The summed E-state index contributed by atoms with van der Waals surface area (Å²) in [5, 5.41) is 0. The van der Waals surface area contributed by atoms with Crippen molar-refractivity contribution in [3.8, 4) is 11.3 Å². The van der Waals surface area contributed by atoms with E-state index in [-0.39, 0.29) is 0 Å². The molecule has 16 heavy (non-hydrogen) atoms. The quantitative estimate of drug-likeness (QED) is 0.617. The van der Waals surface area contributed by atoms with E-state index in [4.69, 9.17) is 0 Å². The van der Waals surface area contributed by atoms with E-state index in [0.29, 0.717) is 0 Å². The Morgan fingerprint density at radius 1 is 1.12 bits per heavy atom. The van der Waals surface area contributed by atoms with Gasteiger partial charge in [-0.25, -0.2) is 4.98 Å². The van der Waals surface area contributed by atoms with Gasteiger partial charge in [-0.3, -0.25) is 9.97 Å². The van der Waals surface area contributed by atoms with Crippen LogP contribution in [0.3, 0.4) is 0 Å². The fraction of sp³-hybridized carbons (Fsp3) is 0.0833. The molecule has 0 N–H and O–H groups in total. The van der Waals surface area contributed by atoms with Crippen molar-refractivity contribution < 1.29 is 0 Å². The summed E-state index contributed by atoms with van der Waals surface area (Å²) < 4.78 is 2.00. The topological polar surface area (TPSA) is 43.6 Å². The molecule has 0 spiro atoms. The second kappa shape index (κ2) is 3.41. The zero-order valence-corrected chi connectivity index (χ0v) is 8.83. The van der Waals surface area contributed by atoms with E-state index in [0.717, 1.165) is 22.3 Å². The van der Waals surface area contributed by atoms with Crippen molar-refractivity contribution in [1.29, 1.82) is 0 Å². The zero-order valence-electron chi connectivity index (χ0n) is 8.83. The molecule has 3 rings (SSSR count). The third-order valence-electron chi connectivity index (χ3n) is 2.59. The maximum Gasteiger partial charge on any atom is 0.0979 e. The fourth-order valence-corrected chi connectivity index (χ4v) is 1.80. The molecule has 4 nitrogen and oxygen atoms in total. The SMILES string of the molecule is Cn1cnc2c(-c3cnccn3)cccc21. The van der Waals surface area contributed by atoms with Gasteiger partial charge in [-0.2, -0.15) is 0 Å². The highest BCUT2D eigenvalue weighted by molar-refractivity contribution is 5.90. The Labute approximate surface area is 92.6 Å². The van der Waals surface area contributed by atoms with E-state index in [2.05, 4.69) is 15.0 Å². The number of rotatable bonds is 1. The number of imidazole rings is 1. The summed E-state index contributed by atoms with van der Waals surface area (Å²) in [6.07, 6.45) is 6.92. The Balaban J connectivity index is 2.32. The van der Waals surface area contributed by atoms with Crippen LogP contribution in [0, 0.1) is 0 Å². The first-order valence-electron chi connectivity index (χ1n) is 5.03. The molecule has 0 saturated heterocycles. The minimum atomic E-state index is 0.854. The lowest BCUT2D eigenvalue weighted by Crippen LogP contribution is -1.87. The molecule has 2 aromatic heterocycles. The standard InChI is InChI=1S/C12H10N4/c1-16-8-15-12-9(3-2-4-11(12)16)10-7-13-5-6-14-10/h2-8H,1H3. The molecule has 0 fully saturated rings. The van der Waals surface area contributed by atoms with Gasteiger partial charge in [-0.05, 0) is 6.07 Å². The second-order valence-corrected chi connectivity index (χ2v) is 3.62. The molecule has 2 heterocycles. The normalized spacial score (nSPS) is 10.8. The van der Waals surface area contributed by atoms with Crippen molar-refractivity contribution >= 4 is 11.0 Å². The molecule has 3 aromatic rings. The van der Waals surface area contributed by atoms with Crippen LogP contribution in [0.15, 0.2) is 43.1 Å².